The molecule has 0 atom stereocenters. The minimum Gasteiger partial charge on any atom is -0.320 e. The van der Waals surface area contributed by atoms with Crippen LogP contribution in [0.25, 0.3) is 10.6 Å². The number of hydrogen-bond acceptors (Lipinski definition) is 3. The quantitative estimate of drug-likeness (QED) is 0.851. The zero-order valence-corrected chi connectivity index (χ0v) is 12.1. The summed E-state index contributed by atoms with van der Waals surface area (Å²) in [6, 6.07) is 8.28. The molecular weight excluding hydrogens is 296 g/mol. The molecule has 4 heteroatoms. The molecule has 0 saturated carbocycles. The van der Waals surface area contributed by atoms with Crippen LogP contribution >= 0.6 is 27.3 Å². The van der Waals surface area contributed by atoms with E-state index in [1.807, 2.05) is 19.2 Å². The molecular formula is C13H15BrN2S. The number of thiazole rings is 1. The highest BCUT2D eigenvalue weighted by atomic mass is 79.9. The van der Waals surface area contributed by atoms with Crippen molar-refractivity contribution in [3.05, 3.63) is 39.8 Å². The Balaban J connectivity index is 2.07. The lowest BCUT2D eigenvalue weighted by Gasteiger charge is -1.97. The SMILES string of the molecule is CNCCCc1csc(-c2cccc(Br)c2)n1. The normalized spacial score (nSPS) is 10.7. The first-order chi connectivity index (χ1) is 8.29. The van der Waals surface area contributed by atoms with E-state index in [9.17, 15) is 0 Å². The van der Waals surface area contributed by atoms with Gasteiger partial charge in [0.1, 0.15) is 5.01 Å². The summed E-state index contributed by atoms with van der Waals surface area (Å²) in [6.45, 7) is 1.05. The molecule has 2 aromatic rings. The maximum absolute atomic E-state index is 4.66. The van der Waals surface area contributed by atoms with Crippen molar-refractivity contribution in [1.82, 2.24) is 10.3 Å². The fraction of sp³-hybridized carbons (Fsp3) is 0.308. The van der Waals surface area contributed by atoms with Gasteiger partial charge in [-0.25, -0.2) is 4.98 Å². The summed E-state index contributed by atoms with van der Waals surface area (Å²) in [4.78, 5) is 4.66. The van der Waals surface area contributed by atoms with Crippen molar-refractivity contribution < 1.29 is 0 Å². The van der Waals surface area contributed by atoms with Crippen LogP contribution in [0.4, 0.5) is 0 Å². The molecule has 0 radical (unpaired) electrons. The van der Waals surface area contributed by atoms with Crippen molar-refractivity contribution in [1.29, 1.82) is 0 Å². The van der Waals surface area contributed by atoms with E-state index in [0.29, 0.717) is 0 Å². The zero-order valence-electron chi connectivity index (χ0n) is 9.74. The summed E-state index contributed by atoms with van der Waals surface area (Å²) in [7, 11) is 1.98. The maximum atomic E-state index is 4.66. The molecule has 90 valence electrons. The highest BCUT2D eigenvalue weighted by molar-refractivity contribution is 9.10. The summed E-state index contributed by atoms with van der Waals surface area (Å²) in [5, 5.41) is 6.41. The Labute approximate surface area is 114 Å². The van der Waals surface area contributed by atoms with Crippen molar-refractivity contribution in [2.24, 2.45) is 0 Å². The third-order valence-electron chi connectivity index (χ3n) is 2.48. The number of nitrogens with one attached hydrogen (secondary N) is 1. The van der Waals surface area contributed by atoms with Crippen molar-refractivity contribution in [3.63, 3.8) is 0 Å². The highest BCUT2D eigenvalue weighted by Gasteiger charge is 2.04. The van der Waals surface area contributed by atoms with E-state index in [2.05, 4.69) is 43.7 Å². The molecule has 2 rings (SSSR count). The van der Waals surface area contributed by atoms with Crippen LogP contribution in [-0.2, 0) is 6.42 Å². The molecule has 1 N–H and O–H groups in total. The first kappa shape index (κ1) is 12.7. The first-order valence-electron chi connectivity index (χ1n) is 5.64. The van der Waals surface area contributed by atoms with Crippen LogP contribution in [0.15, 0.2) is 34.1 Å². The molecule has 0 amide bonds. The van der Waals surface area contributed by atoms with E-state index in [-0.39, 0.29) is 0 Å². The van der Waals surface area contributed by atoms with Crippen LogP contribution in [0.1, 0.15) is 12.1 Å². The largest absolute Gasteiger partial charge is 0.320 e. The number of aryl methyl sites for hydroxylation is 1. The van der Waals surface area contributed by atoms with Gasteiger partial charge >= 0.3 is 0 Å². The van der Waals surface area contributed by atoms with Gasteiger partial charge in [-0.2, -0.15) is 0 Å². The van der Waals surface area contributed by atoms with Gasteiger partial charge in [0.05, 0.1) is 5.69 Å². The molecule has 0 spiro atoms. The minimum absolute atomic E-state index is 1.05. The minimum atomic E-state index is 1.05. The van der Waals surface area contributed by atoms with Crippen molar-refractivity contribution in [2.45, 2.75) is 12.8 Å². The van der Waals surface area contributed by atoms with Crippen molar-refractivity contribution in [2.75, 3.05) is 13.6 Å². The van der Waals surface area contributed by atoms with Gasteiger partial charge in [-0.1, -0.05) is 28.1 Å². The fourth-order valence-electron chi connectivity index (χ4n) is 1.62. The Morgan fingerprint density at radius 3 is 3.06 bits per heavy atom. The van der Waals surface area contributed by atoms with Gasteiger partial charge in [-0.05, 0) is 38.6 Å². The second kappa shape index (κ2) is 6.28. The average molecular weight is 311 g/mol. The third-order valence-corrected chi connectivity index (χ3v) is 3.92. The van der Waals surface area contributed by atoms with E-state index in [4.69, 9.17) is 0 Å². The van der Waals surface area contributed by atoms with E-state index in [0.717, 1.165) is 28.9 Å². The molecule has 0 saturated heterocycles. The molecule has 1 heterocycles. The Bertz CT molecular complexity index is 482. The predicted molar refractivity (Wildman–Crippen MR) is 77.5 cm³/mol. The van der Waals surface area contributed by atoms with Crippen LogP contribution < -0.4 is 5.32 Å². The van der Waals surface area contributed by atoms with Crippen LogP contribution in [0.3, 0.4) is 0 Å². The molecule has 0 fully saturated rings. The van der Waals surface area contributed by atoms with E-state index >= 15 is 0 Å². The number of aromatic nitrogens is 1. The van der Waals surface area contributed by atoms with Crippen molar-refractivity contribution in [3.8, 4) is 10.6 Å². The predicted octanol–water partition coefficient (Wildman–Crippen LogP) is 3.72. The smallest absolute Gasteiger partial charge is 0.123 e. The molecule has 0 aliphatic heterocycles. The number of halogens is 1. The lowest BCUT2D eigenvalue weighted by molar-refractivity contribution is 0.718. The monoisotopic (exact) mass is 310 g/mol. The Morgan fingerprint density at radius 2 is 2.29 bits per heavy atom. The molecule has 17 heavy (non-hydrogen) atoms. The Hall–Kier alpha value is -0.710. The maximum Gasteiger partial charge on any atom is 0.123 e. The molecule has 1 aromatic heterocycles. The third kappa shape index (κ3) is 3.63. The van der Waals surface area contributed by atoms with E-state index < -0.39 is 0 Å². The first-order valence-corrected chi connectivity index (χ1v) is 7.32. The number of nitrogens with zero attached hydrogens (tertiary/aromatic N) is 1. The van der Waals surface area contributed by atoms with Gasteiger partial charge in [0.15, 0.2) is 0 Å². The highest BCUT2D eigenvalue weighted by Crippen LogP contribution is 2.26. The summed E-state index contributed by atoms with van der Waals surface area (Å²) in [5.41, 5.74) is 2.38. The van der Waals surface area contributed by atoms with Crippen molar-refractivity contribution >= 4 is 27.3 Å². The van der Waals surface area contributed by atoms with Gasteiger partial charge in [0.25, 0.3) is 0 Å². The lowest BCUT2D eigenvalue weighted by Crippen LogP contribution is -2.08. The van der Waals surface area contributed by atoms with Gasteiger partial charge in [0.2, 0.25) is 0 Å². The molecule has 0 aliphatic carbocycles. The van der Waals surface area contributed by atoms with Gasteiger partial charge < -0.3 is 5.32 Å². The number of rotatable bonds is 5. The van der Waals surface area contributed by atoms with Crippen LogP contribution in [0.5, 0.6) is 0 Å². The summed E-state index contributed by atoms with van der Waals surface area (Å²) in [5.74, 6) is 0. The van der Waals surface area contributed by atoms with Gasteiger partial charge in [-0.3, -0.25) is 0 Å². The zero-order chi connectivity index (χ0) is 12.1. The fourth-order valence-corrected chi connectivity index (χ4v) is 2.87. The van der Waals surface area contributed by atoms with Crippen LogP contribution in [0.2, 0.25) is 0 Å². The second-order valence-corrected chi connectivity index (χ2v) is 5.64. The second-order valence-electron chi connectivity index (χ2n) is 3.86. The topological polar surface area (TPSA) is 24.9 Å². The summed E-state index contributed by atoms with van der Waals surface area (Å²) in [6.07, 6.45) is 2.18. The van der Waals surface area contributed by atoms with E-state index in [1.165, 1.54) is 11.3 Å². The number of hydrogen-bond donors (Lipinski definition) is 1. The molecule has 0 unspecified atom stereocenters. The summed E-state index contributed by atoms with van der Waals surface area (Å²) >= 11 is 5.20. The average Bonchev–Trinajstić information content (AvgIpc) is 2.78. The Kier molecular flexibility index (Phi) is 4.71. The lowest BCUT2D eigenvalue weighted by atomic mass is 10.2. The van der Waals surface area contributed by atoms with Gasteiger partial charge in [0, 0.05) is 15.4 Å². The Morgan fingerprint density at radius 1 is 1.41 bits per heavy atom. The van der Waals surface area contributed by atoms with Crippen LogP contribution in [-0.4, -0.2) is 18.6 Å². The summed E-state index contributed by atoms with van der Waals surface area (Å²) < 4.78 is 1.10. The van der Waals surface area contributed by atoms with E-state index in [1.54, 1.807) is 11.3 Å². The molecule has 0 aliphatic rings. The van der Waals surface area contributed by atoms with Gasteiger partial charge in [-0.15, -0.1) is 11.3 Å². The standard InChI is InChI=1S/C13H15BrN2S/c1-15-7-3-6-12-9-17-13(16-12)10-4-2-5-11(14)8-10/h2,4-5,8-9,15H,3,6-7H2,1H3. The molecule has 0 bridgehead atoms. The van der Waals surface area contributed by atoms with Crippen LogP contribution in [0, 0.1) is 0 Å². The molecule has 2 nitrogen and oxygen atoms in total. The number of benzene rings is 1. The molecule has 1 aromatic carbocycles.